The number of likely N-dealkylation sites (tertiary alicyclic amines) is 1. The monoisotopic (exact) mass is 392 g/mol. The van der Waals surface area contributed by atoms with E-state index in [9.17, 15) is 9.59 Å². The fraction of sp³-hybridized carbons (Fsp3) is 0.440. The number of hydrogen-bond donors (Lipinski definition) is 1. The first-order valence-electron chi connectivity index (χ1n) is 10.7. The van der Waals surface area contributed by atoms with E-state index in [0.29, 0.717) is 43.3 Å². The number of nitrogens with zero attached hydrogens (tertiary/aromatic N) is 1. The van der Waals surface area contributed by atoms with Crippen LogP contribution in [-0.2, 0) is 4.79 Å². The number of nitrogens with one attached hydrogen (secondary N) is 1. The summed E-state index contributed by atoms with van der Waals surface area (Å²) in [6.45, 7) is 9.86. The summed E-state index contributed by atoms with van der Waals surface area (Å²) in [6, 6.07) is 15.6. The Balaban J connectivity index is 1.67. The molecule has 0 spiro atoms. The van der Waals surface area contributed by atoms with Gasteiger partial charge in [-0.1, -0.05) is 64.1 Å². The molecule has 4 nitrogen and oxygen atoms in total. The van der Waals surface area contributed by atoms with Crippen LogP contribution in [0.3, 0.4) is 0 Å². The maximum absolute atomic E-state index is 13.0. The second-order valence-corrected chi connectivity index (χ2v) is 8.54. The van der Waals surface area contributed by atoms with E-state index in [1.807, 2.05) is 35.2 Å². The zero-order chi connectivity index (χ0) is 21.0. The number of benzene rings is 2. The van der Waals surface area contributed by atoms with Gasteiger partial charge in [0.25, 0.3) is 5.91 Å². The first-order chi connectivity index (χ1) is 13.9. The molecular weight excluding hydrogens is 360 g/mol. The molecule has 154 valence electrons. The van der Waals surface area contributed by atoms with Gasteiger partial charge in [0.15, 0.2) is 0 Å². The summed E-state index contributed by atoms with van der Waals surface area (Å²) < 4.78 is 0. The number of piperidine rings is 1. The van der Waals surface area contributed by atoms with E-state index < -0.39 is 0 Å². The third-order valence-corrected chi connectivity index (χ3v) is 5.79. The highest BCUT2D eigenvalue weighted by molar-refractivity contribution is 5.96. The second-order valence-electron chi connectivity index (χ2n) is 8.54. The molecule has 0 radical (unpaired) electrons. The van der Waals surface area contributed by atoms with Gasteiger partial charge in [-0.3, -0.25) is 9.59 Å². The molecule has 2 aromatic rings. The zero-order valence-corrected chi connectivity index (χ0v) is 17.9. The second kappa shape index (κ2) is 9.25. The maximum Gasteiger partial charge on any atom is 0.253 e. The lowest BCUT2D eigenvalue weighted by Gasteiger charge is -2.32. The van der Waals surface area contributed by atoms with Crippen LogP contribution in [0.5, 0.6) is 0 Å². The molecule has 0 saturated carbocycles. The zero-order valence-electron chi connectivity index (χ0n) is 17.9. The molecule has 1 N–H and O–H groups in total. The molecule has 1 aliphatic heterocycles. The topological polar surface area (TPSA) is 49.4 Å². The molecule has 0 atom stereocenters. The van der Waals surface area contributed by atoms with Gasteiger partial charge in [0.2, 0.25) is 5.91 Å². The molecule has 1 heterocycles. The van der Waals surface area contributed by atoms with Crippen LogP contribution in [0.4, 0.5) is 5.69 Å². The average molecular weight is 393 g/mol. The Morgan fingerprint density at radius 3 is 1.93 bits per heavy atom. The van der Waals surface area contributed by atoms with Gasteiger partial charge < -0.3 is 10.2 Å². The number of anilines is 1. The van der Waals surface area contributed by atoms with Crippen molar-refractivity contribution in [2.45, 2.75) is 52.4 Å². The molecule has 1 fully saturated rings. The van der Waals surface area contributed by atoms with Crippen molar-refractivity contribution in [2.75, 3.05) is 18.4 Å². The van der Waals surface area contributed by atoms with Crippen LogP contribution < -0.4 is 5.32 Å². The Morgan fingerprint density at radius 1 is 0.862 bits per heavy atom. The minimum atomic E-state index is -0.0601. The molecular formula is C25H32N2O2. The van der Waals surface area contributed by atoms with Gasteiger partial charge in [0, 0.05) is 30.3 Å². The number of para-hydroxylation sites is 1. The summed E-state index contributed by atoms with van der Waals surface area (Å²) >= 11 is 0. The van der Waals surface area contributed by atoms with Crippen molar-refractivity contribution < 1.29 is 9.59 Å². The highest BCUT2D eigenvalue weighted by Crippen LogP contribution is 2.33. The smallest absolute Gasteiger partial charge is 0.253 e. The number of carbonyl (C=O) groups excluding carboxylic acids is 2. The lowest BCUT2D eigenvalue weighted by Crippen LogP contribution is -2.41. The standard InChI is InChI=1S/C25H32N2O2/c1-17(2)21-11-8-12-22(18(3)4)23(21)26-24(28)19-13-15-27(16-14-19)25(29)20-9-6-5-7-10-20/h5-12,17-19H,13-16H2,1-4H3,(H,26,28). The minimum Gasteiger partial charge on any atom is -0.339 e. The van der Waals surface area contributed by atoms with E-state index in [-0.39, 0.29) is 17.7 Å². The van der Waals surface area contributed by atoms with E-state index in [4.69, 9.17) is 0 Å². The van der Waals surface area contributed by atoms with Gasteiger partial charge >= 0.3 is 0 Å². The van der Waals surface area contributed by atoms with Crippen molar-refractivity contribution >= 4 is 17.5 Å². The summed E-state index contributed by atoms with van der Waals surface area (Å²) in [4.78, 5) is 27.5. The van der Waals surface area contributed by atoms with E-state index in [0.717, 1.165) is 5.69 Å². The fourth-order valence-corrected chi connectivity index (χ4v) is 4.03. The number of hydrogen-bond acceptors (Lipinski definition) is 2. The first kappa shape index (κ1) is 21.1. The van der Waals surface area contributed by atoms with Gasteiger partial charge in [-0.2, -0.15) is 0 Å². The van der Waals surface area contributed by atoms with Gasteiger partial charge in [0.05, 0.1) is 0 Å². The fourth-order valence-electron chi connectivity index (χ4n) is 4.03. The lowest BCUT2D eigenvalue weighted by atomic mass is 9.91. The van der Waals surface area contributed by atoms with E-state index in [1.165, 1.54) is 11.1 Å². The molecule has 1 saturated heterocycles. The van der Waals surface area contributed by atoms with Crippen molar-refractivity contribution in [1.82, 2.24) is 4.90 Å². The summed E-state index contributed by atoms with van der Waals surface area (Å²) in [5.74, 6) is 0.752. The molecule has 0 bridgehead atoms. The third-order valence-electron chi connectivity index (χ3n) is 5.79. The Kier molecular flexibility index (Phi) is 6.73. The Hall–Kier alpha value is -2.62. The minimum absolute atomic E-state index is 0.0525. The quantitative estimate of drug-likeness (QED) is 0.738. The van der Waals surface area contributed by atoms with Crippen LogP contribution in [0.25, 0.3) is 0 Å². The normalized spacial score (nSPS) is 15.0. The predicted molar refractivity (Wildman–Crippen MR) is 118 cm³/mol. The summed E-state index contributed by atoms with van der Waals surface area (Å²) in [7, 11) is 0. The van der Waals surface area contributed by atoms with Crippen molar-refractivity contribution in [3.05, 3.63) is 65.2 Å². The molecule has 1 aliphatic rings. The summed E-state index contributed by atoms with van der Waals surface area (Å²) in [5, 5.41) is 3.24. The van der Waals surface area contributed by atoms with Gasteiger partial charge in [0.1, 0.15) is 0 Å². The Bertz CT molecular complexity index is 824. The van der Waals surface area contributed by atoms with E-state index in [1.54, 1.807) is 0 Å². The molecule has 0 unspecified atom stereocenters. The van der Waals surface area contributed by atoms with Crippen molar-refractivity contribution in [3.63, 3.8) is 0 Å². The largest absolute Gasteiger partial charge is 0.339 e. The predicted octanol–water partition coefficient (Wildman–Crippen LogP) is 5.42. The van der Waals surface area contributed by atoms with Crippen molar-refractivity contribution in [2.24, 2.45) is 5.92 Å². The Morgan fingerprint density at radius 2 is 1.41 bits per heavy atom. The van der Waals surface area contributed by atoms with E-state index >= 15 is 0 Å². The summed E-state index contributed by atoms with van der Waals surface area (Å²) in [6.07, 6.45) is 1.40. The molecule has 2 amide bonds. The highest BCUT2D eigenvalue weighted by atomic mass is 16.2. The van der Waals surface area contributed by atoms with Crippen molar-refractivity contribution in [3.8, 4) is 0 Å². The SMILES string of the molecule is CC(C)c1cccc(C(C)C)c1NC(=O)C1CCN(C(=O)c2ccccc2)CC1. The lowest BCUT2D eigenvalue weighted by molar-refractivity contribution is -0.121. The van der Waals surface area contributed by atoms with Crippen molar-refractivity contribution in [1.29, 1.82) is 0 Å². The van der Waals surface area contributed by atoms with Gasteiger partial charge in [-0.15, -0.1) is 0 Å². The number of amides is 2. The van der Waals surface area contributed by atoms with Gasteiger partial charge in [-0.25, -0.2) is 0 Å². The highest BCUT2D eigenvalue weighted by Gasteiger charge is 2.29. The molecule has 29 heavy (non-hydrogen) atoms. The number of rotatable bonds is 5. The third kappa shape index (κ3) is 4.87. The average Bonchev–Trinajstić information content (AvgIpc) is 2.73. The number of carbonyl (C=O) groups is 2. The van der Waals surface area contributed by atoms with Crippen LogP contribution >= 0.6 is 0 Å². The van der Waals surface area contributed by atoms with Gasteiger partial charge in [-0.05, 0) is 47.9 Å². The molecule has 0 aromatic heterocycles. The Labute approximate surface area is 174 Å². The van der Waals surface area contributed by atoms with Crippen LogP contribution in [-0.4, -0.2) is 29.8 Å². The summed E-state index contributed by atoms with van der Waals surface area (Å²) in [5.41, 5.74) is 4.05. The van der Waals surface area contributed by atoms with Crippen LogP contribution in [0.2, 0.25) is 0 Å². The molecule has 0 aliphatic carbocycles. The molecule has 4 heteroatoms. The molecule has 3 rings (SSSR count). The maximum atomic E-state index is 13.0. The van der Waals surface area contributed by atoms with E-state index in [2.05, 4.69) is 51.2 Å². The van der Waals surface area contributed by atoms with Crippen LogP contribution in [0.15, 0.2) is 48.5 Å². The van der Waals surface area contributed by atoms with Crippen LogP contribution in [0.1, 0.15) is 73.9 Å². The van der Waals surface area contributed by atoms with Crippen LogP contribution in [0, 0.1) is 5.92 Å². The first-order valence-corrected chi connectivity index (χ1v) is 10.7. The molecule has 2 aromatic carbocycles.